The third-order valence-electron chi connectivity index (χ3n) is 4.26. The molecule has 0 aliphatic heterocycles. The van der Waals surface area contributed by atoms with Crippen LogP contribution in [-0.4, -0.2) is 16.2 Å². The molecular weight excluding hydrogens is 294 g/mol. The Kier molecular flexibility index (Phi) is 5.75. The molecule has 1 N–H and O–H groups in total. The van der Waals surface area contributed by atoms with Gasteiger partial charge in [-0.25, -0.2) is 0 Å². The summed E-state index contributed by atoms with van der Waals surface area (Å²) < 4.78 is 0. The summed E-state index contributed by atoms with van der Waals surface area (Å²) in [6, 6.07) is 7.75. The van der Waals surface area contributed by atoms with Gasteiger partial charge in [0.1, 0.15) is 5.75 Å². The van der Waals surface area contributed by atoms with E-state index < -0.39 is 0 Å². The first kappa shape index (κ1) is 20.9. The van der Waals surface area contributed by atoms with Gasteiger partial charge in [-0.15, -0.1) is 0 Å². The maximum absolute atomic E-state index is 10.6. The zero-order chi connectivity index (χ0) is 19.0. The van der Waals surface area contributed by atoms with Crippen LogP contribution in [-0.2, 0) is 0 Å². The molecule has 1 aromatic rings. The van der Waals surface area contributed by atoms with Gasteiger partial charge in [0.05, 0.1) is 5.69 Å². The normalized spacial score (nSPS) is 13.9. The summed E-state index contributed by atoms with van der Waals surface area (Å²) in [5, 5.41) is 10.6. The van der Waals surface area contributed by atoms with Crippen LogP contribution in [0.15, 0.2) is 24.3 Å². The molecule has 0 amide bonds. The number of rotatable bonds is 5. The van der Waals surface area contributed by atoms with Gasteiger partial charge < -0.3 is 10.0 Å². The predicted molar refractivity (Wildman–Crippen MR) is 107 cm³/mol. The average Bonchev–Trinajstić information content (AvgIpc) is 2.24. The van der Waals surface area contributed by atoms with E-state index in [0.717, 1.165) is 18.5 Å². The zero-order valence-electron chi connectivity index (χ0n) is 17.6. The van der Waals surface area contributed by atoms with E-state index in [9.17, 15) is 5.11 Å². The highest BCUT2D eigenvalue weighted by molar-refractivity contribution is 5.61. The van der Waals surface area contributed by atoms with Crippen molar-refractivity contribution in [1.29, 1.82) is 0 Å². The fraction of sp³-hybridized carbons (Fsp3) is 0.727. The second-order valence-corrected chi connectivity index (χ2v) is 10.9. The number of phenols is 1. The van der Waals surface area contributed by atoms with Gasteiger partial charge in [0.25, 0.3) is 0 Å². The zero-order valence-corrected chi connectivity index (χ0v) is 17.6. The average molecular weight is 334 g/mol. The summed E-state index contributed by atoms with van der Waals surface area (Å²) in [4.78, 5) is 2.45. The SMILES string of the molecule is CC(C)(C)CC(C)(C)N(c1ccccc1O)C(C)(C)CC(C)(C)C. The highest BCUT2D eigenvalue weighted by Crippen LogP contribution is 2.45. The molecule has 2 heteroatoms. The largest absolute Gasteiger partial charge is 0.506 e. The van der Waals surface area contributed by atoms with Crippen molar-refractivity contribution in [3.8, 4) is 5.75 Å². The molecular formula is C22H39NO. The Morgan fingerprint density at radius 2 is 1.08 bits per heavy atom. The minimum absolute atomic E-state index is 0.0775. The van der Waals surface area contributed by atoms with Gasteiger partial charge >= 0.3 is 0 Å². The summed E-state index contributed by atoms with van der Waals surface area (Å²) in [5.74, 6) is 0.362. The standard InChI is InChI=1S/C22H39NO/c1-19(2,3)15-21(7,8)23(17-13-11-12-14-18(17)24)22(9,10)16-20(4,5)6/h11-14,24H,15-16H2,1-10H3. The Hall–Kier alpha value is -1.18. The number of hydrogen-bond acceptors (Lipinski definition) is 2. The minimum Gasteiger partial charge on any atom is -0.506 e. The second-order valence-electron chi connectivity index (χ2n) is 10.9. The predicted octanol–water partition coefficient (Wildman–Crippen LogP) is 6.63. The number of anilines is 1. The molecule has 0 bridgehead atoms. The van der Waals surface area contributed by atoms with Crippen LogP contribution in [0, 0.1) is 10.8 Å². The van der Waals surface area contributed by atoms with Crippen LogP contribution >= 0.6 is 0 Å². The molecule has 138 valence electrons. The van der Waals surface area contributed by atoms with Crippen LogP contribution in [0.3, 0.4) is 0 Å². The molecule has 0 aromatic heterocycles. The molecule has 0 saturated carbocycles. The molecule has 0 atom stereocenters. The van der Waals surface area contributed by atoms with Crippen molar-refractivity contribution in [2.45, 2.75) is 93.2 Å². The van der Waals surface area contributed by atoms with Crippen LogP contribution in [0.4, 0.5) is 5.69 Å². The first-order valence-corrected chi connectivity index (χ1v) is 9.14. The molecule has 0 unspecified atom stereocenters. The van der Waals surface area contributed by atoms with E-state index in [1.807, 2.05) is 18.2 Å². The smallest absolute Gasteiger partial charge is 0.138 e. The molecule has 0 aliphatic rings. The van der Waals surface area contributed by atoms with Gasteiger partial charge in [0, 0.05) is 11.1 Å². The molecule has 0 heterocycles. The number of para-hydroxylation sites is 2. The van der Waals surface area contributed by atoms with Crippen molar-refractivity contribution in [2.24, 2.45) is 10.8 Å². The van der Waals surface area contributed by atoms with Gasteiger partial charge in [-0.3, -0.25) is 0 Å². The molecule has 0 saturated heterocycles. The molecule has 24 heavy (non-hydrogen) atoms. The van der Waals surface area contributed by atoms with Crippen molar-refractivity contribution >= 4 is 5.69 Å². The lowest BCUT2D eigenvalue weighted by molar-refractivity contribution is 0.198. The molecule has 0 spiro atoms. The molecule has 1 aromatic carbocycles. The Balaban J connectivity index is 3.45. The quantitative estimate of drug-likeness (QED) is 0.654. The van der Waals surface area contributed by atoms with Crippen molar-refractivity contribution in [3.63, 3.8) is 0 Å². The van der Waals surface area contributed by atoms with Crippen molar-refractivity contribution in [3.05, 3.63) is 24.3 Å². The van der Waals surface area contributed by atoms with E-state index in [-0.39, 0.29) is 21.9 Å². The van der Waals surface area contributed by atoms with Gasteiger partial charge in [0.15, 0.2) is 0 Å². The van der Waals surface area contributed by atoms with Crippen molar-refractivity contribution < 1.29 is 5.11 Å². The van der Waals surface area contributed by atoms with Crippen molar-refractivity contribution in [2.75, 3.05) is 4.90 Å². The van der Waals surface area contributed by atoms with E-state index in [1.165, 1.54) is 0 Å². The molecule has 1 rings (SSSR count). The molecule has 0 aliphatic carbocycles. The minimum atomic E-state index is -0.0775. The fourth-order valence-corrected chi connectivity index (χ4v) is 4.88. The Morgan fingerprint density at radius 3 is 1.42 bits per heavy atom. The van der Waals surface area contributed by atoms with Crippen LogP contribution in [0.5, 0.6) is 5.75 Å². The van der Waals surface area contributed by atoms with E-state index in [1.54, 1.807) is 6.07 Å². The second kappa shape index (κ2) is 6.61. The van der Waals surface area contributed by atoms with E-state index >= 15 is 0 Å². The number of aromatic hydroxyl groups is 1. The molecule has 0 fully saturated rings. The summed E-state index contributed by atoms with van der Waals surface area (Å²) in [5.41, 5.74) is 1.20. The highest BCUT2D eigenvalue weighted by atomic mass is 16.3. The number of nitrogens with zero attached hydrogens (tertiary/aromatic N) is 1. The monoisotopic (exact) mass is 333 g/mol. The van der Waals surface area contributed by atoms with Crippen LogP contribution in [0.1, 0.15) is 82.1 Å². The van der Waals surface area contributed by atoms with Gasteiger partial charge in [-0.2, -0.15) is 0 Å². The van der Waals surface area contributed by atoms with Crippen LogP contribution < -0.4 is 4.90 Å². The van der Waals surface area contributed by atoms with Gasteiger partial charge in [0.2, 0.25) is 0 Å². The lowest BCUT2D eigenvalue weighted by Crippen LogP contribution is -2.58. The summed E-state index contributed by atoms with van der Waals surface area (Å²) in [7, 11) is 0. The topological polar surface area (TPSA) is 23.5 Å². The van der Waals surface area contributed by atoms with Crippen LogP contribution in [0.2, 0.25) is 0 Å². The maximum atomic E-state index is 10.6. The Bertz CT molecular complexity index is 516. The maximum Gasteiger partial charge on any atom is 0.138 e. The number of benzene rings is 1. The Labute approximate surface area is 150 Å². The highest BCUT2D eigenvalue weighted by Gasteiger charge is 2.42. The Morgan fingerprint density at radius 1 is 0.708 bits per heavy atom. The van der Waals surface area contributed by atoms with E-state index in [2.05, 4.69) is 74.1 Å². The first-order chi connectivity index (χ1) is 10.6. The van der Waals surface area contributed by atoms with Gasteiger partial charge in [-0.05, 0) is 63.5 Å². The summed E-state index contributed by atoms with van der Waals surface area (Å²) in [6.07, 6.45) is 2.09. The number of hydrogen-bond donors (Lipinski definition) is 1. The van der Waals surface area contributed by atoms with Crippen molar-refractivity contribution in [1.82, 2.24) is 0 Å². The number of phenolic OH excluding ortho intramolecular Hbond substituents is 1. The first-order valence-electron chi connectivity index (χ1n) is 9.14. The third-order valence-corrected chi connectivity index (χ3v) is 4.26. The van der Waals surface area contributed by atoms with Crippen LogP contribution in [0.25, 0.3) is 0 Å². The van der Waals surface area contributed by atoms with E-state index in [4.69, 9.17) is 0 Å². The summed E-state index contributed by atoms with van der Waals surface area (Å²) >= 11 is 0. The fourth-order valence-electron chi connectivity index (χ4n) is 4.88. The third kappa shape index (κ3) is 5.72. The lowest BCUT2D eigenvalue weighted by Gasteiger charge is -2.54. The lowest BCUT2D eigenvalue weighted by atomic mass is 9.75. The van der Waals surface area contributed by atoms with E-state index in [0.29, 0.717) is 5.75 Å². The molecule has 2 nitrogen and oxygen atoms in total. The molecule has 0 radical (unpaired) electrons. The summed E-state index contributed by atoms with van der Waals surface area (Å²) in [6.45, 7) is 22.9. The van der Waals surface area contributed by atoms with Gasteiger partial charge in [-0.1, -0.05) is 53.7 Å².